The molecule has 2 heterocycles. The molecule has 0 saturated carbocycles. The molecule has 1 aliphatic heterocycles. The molecular weight excluding hydrogens is 694 g/mol. The van der Waals surface area contributed by atoms with Gasteiger partial charge in [0.25, 0.3) is 15.1 Å². The molecule has 0 unspecified atom stereocenters. The quantitative estimate of drug-likeness (QED) is 0.142. The van der Waals surface area contributed by atoms with Gasteiger partial charge in [0.1, 0.15) is 4.70 Å². The van der Waals surface area contributed by atoms with Crippen molar-refractivity contribution in [3.8, 4) is 0 Å². The number of aryl methyl sites for hydroxylation is 1. The number of hydrogen-bond acceptors (Lipinski definition) is 8. The third-order valence-electron chi connectivity index (χ3n) is 6.61. The number of benzene rings is 3. The fraction of sp³-hybridized carbons (Fsp3) is 0.207. The van der Waals surface area contributed by atoms with Crippen molar-refractivity contribution < 1.29 is 60.1 Å². The van der Waals surface area contributed by atoms with Gasteiger partial charge in [0, 0.05) is 45.8 Å². The molecule has 3 aromatic carbocycles. The molecule has 226 valence electrons. The van der Waals surface area contributed by atoms with E-state index < -0.39 is 26.0 Å². The summed E-state index contributed by atoms with van der Waals surface area (Å²) < 4.78 is 69.1. The fourth-order valence-electron chi connectivity index (χ4n) is 4.73. The average Bonchev–Trinajstić information content (AvgIpc) is 3.44. The van der Waals surface area contributed by atoms with Crippen molar-refractivity contribution in [3.63, 3.8) is 0 Å². The number of aromatic nitrogens is 1. The molecule has 15 heteroatoms. The van der Waals surface area contributed by atoms with E-state index in [0.29, 0.717) is 23.1 Å². The second-order valence-electron chi connectivity index (χ2n) is 9.77. The van der Waals surface area contributed by atoms with Crippen molar-refractivity contribution in [2.75, 3.05) is 23.0 Å². The van der Waals surface area contributed by atoms with Crippen molar-refractivity contribution in [1.82, 2.24) is 0 Å². The van der Waals surface area contributed by atoms with E-state index in [1.165, 1.54) is 23.1 Å². The molecule has 0 bridgehead atoms. The number of anilines is 1. The first-order valence-electron chi connectivity index (χ1n) is 13.1. The first kappa shape index (κ1) is 35.4. The van der Waals surface area contributed by atoms with Crippen molar-refractivity contribution in [2.24, 2.45) is 0 Å². The summed E-state index contributed by atoms with van der Waals surface area (Å²) in [6.07, 6.45) is 4.38. The average molecular weight is 721 g/mol. The summed E-state index contributed by atoms with van der Waals surface area (Å²) in [6, 6.07) is 20.8. The minimum Gasteiger partial charge on any atom is -0.748 e. The maximum absolute atomic E-state index is 11.4. The number of allylic oxidation sites excluding steroid dienone is 2. The van der Waals surface area contributed by atoms with Gasteiger partial charge in [-0.3, -0.25) is 4.55 Å². The van der Waals surface area contributed by atoms with Crippen molar-refractivity contribution in [1.29, 1.82) is 0 Å². The van der Waals surface area contributed by atoms with E-state index in [9.17, 15) is 25.9 Å². The van der Waals surface area contributed by atoms with Gasteiger partial charge in [0.2, 0.25) is 5.52 Å². The third kappa shape index (κ3) is 9.32. The Kier molecular flexibility index (Phi) is 12.1. The minimum atomic E-state index is -4.37. The molecule has 4 aromatic rings. The largest absolute Gasteiger partial charge is 1.00 e. The Labute approximate surface area is 297 Å². The molecule has 0 atom stereocenters. The van der Waals surface area contributed by atoms with Crippen LogP contribution in [0, 0.1) is 0 Å². The van der Waals surface area contributed by atoms with Crippen LogP contribution in [0.4, 0.5) is 5.69 Å². The van der Waals surface area contributed by atoms with Gasteiger partial charge >= 0.3 is 29.6 Å². The van der Waals surface area contributed by atoms with E-state index in [1.54, 1.807) is 12.1 Å². The van der Waals surface area contributed by atoms with Crippen LogP contribution in [-0.2, 0) is 26.8 Å². The SMILES string of the molecule is O=S(=O)([O-])CCC[n+]1c(C=C(C=C2Sc3ccc(Cl)cc3N2CCCS(=O)(=O)O)c2ccccc2)sc2ccc(Cl)cc21.[Na+]. The molecule has 0 radical (unpaired) electrons. The predicted octanol–water partition coefficient (Wildman–Crippen LogP) is 3.71. The Hall–Kier alpha value is -1.42. The number of halogens is 2. The molecule has 0 spiro atoms. The molecule has 44 heavy (non-hydrogen) atoms. The van der Waals surface area contributed by atoms with Crippen molar-refractivity contribution >= 4 is 94.1 Å². The molecule has 1 aromatic heterocycles. The van der Waals surface area contributed by atoms with Crippen LogP contribution in [0.3, 0.4) is 0 Å². The Morgan fingerprint density at radius 1 is 0.955 bits per heavy atom. The number of rotatable bonds is 11. The molecular formula is C29H26Cl2N2NaO6S4+. The molecule has 8 nitrogen and oxygen atoms in total. The molecule has 0 saturated heterocycles. The minimum absolute atomic E-state index is 0. The van der Waals surface area contributed by atoms with Crippen LogP contribution in [0.25, 0.3) is 21.9 Å². The fourth-order valence-corrected chi connectivity index (χ4v) is 8.28. The number of nitrogens with zero attached hydrogens (tertiary/aromatic N) is 2. The predicted molar refractivity (Wildman–Crippen MR) is 174 cm³/mol. The van der Waals surface area contributed by atoms with E-state index >= 15 is 0 Å². The first-order valence-corrected chi connectivity index (χ1v) is 18.7. The smallest absolute Gasteiger partial charge is 0.748 e. The van der Waals surface area contributed by atoms with Gasteiger partial charge in [-0.1, -0.05) is 76.6 Å². The molecule has 1 N–H and O–H groups in total. The number of hydrogen-bond donors (Lipinski definition) is 1. The van der Waals surface area contributed by atoms with Gasteiger partial charge in [0.05, 0.1) is 26.6 Å². The zero-order valence-electron chi connectivity index (χ0n) is 23.5. The zero-order chi connectivity index (χ0) is 30.8. The van der Waals surface area contributed by atoms with Crippen LogP contribution in [-0.4, -0.2) is 44.0 Å². The van der Waals surface area contributed by atoms with Gasteiger partial charge in [-0.05, 0) is 54.0 Å². The normalized spacial score (nSPS) is 14.7. The summed E-state index contributed by atoms with van der Waals surface area (Å²) in [6.45, 7) is 0.631. The van der Waals surface area contributed by atoms with Crippen LogP contribution >= 0.6 is 46.3 Å². The van der Waals surface area contributed by atoms with E-state index in [2.05, 4.69) is 0 Å². The van der Waals surface area contributed by atoms with Crippen LogP contribution in [0.2, 0.25) is 10.0 Å². The molecule has 5 rings (SSSR count). The zero-order valence-corrected chi connectivity index (χ0v) is 30.3. The van der Waals surface area contributed by atoms with Crippen molar-refractivity contribution in [3.05, 3.63) is 98.5 Å². The summed E-state index contributed by atoms with van der Waals surface area (Å²) in [5.74, 6) is -0.852. The maximum Gasteiger partial charge on any atom is 1.00 e. The number of thioether (sulfide) groups is 1. The van der Waals surface area contributed by atoms with Gasteiger partial charge in [0.15, 0.2) is 6.54 Å². The van der Waals surface area contributed by atoms with Gasteiger partial charge in [-0.25, -0.2) is 8.42 Å². The van der Waals surface area contributed by atoms with Gasteiger partial charge in [-0.2, -0.15) is 13.0 Å². The second-order valence-corrected chi connectivity index (χ2v) is 15.9. The van der Waals surface area contributed by atoms with Crippen LogP contribution in [0.5, 0.6) is 0 Å². The molecule has 0 amide bonds. The maximum atomic E-state index is 11.4. The Bertz CT molecular complexity index is 1950. The monoisotopic (exact) mass is 719 g/mol. The molecule has 1 aliphatic rings. The second kappa shape index (κ2) is 15.0. The summed E-state index contributed by atoms with van der Waals surface area (Å²) in [5, 5.41) is 2.76. The molecule has 0 aliphatic carbocycles. The van der Waals surface area contributed by atoms with Crippen LogP contribution in [0.1, 0.15) is 23.4 Å². The van der Waals surface area contributed by atoms with E-state index in [0.717, 1.165) is 42.0 Å². The summed E-state index contributed by atoms with van der Waals surface area (Å²) in [7, 11) is -8.49. The van der Waals surface area contributed by atoms with E-state index in [1.807, 2.05) is 76.2 Å². The summed E-state index contributed by atoms with van der Waals surface area (Å²) in [4.78, 5) is 2.95. The number of thiazole rings is 1. The first-order chi connectivity index (χ1) is 20.4. The summed E-state index contributed by atoms with van der Waals surface area (Å²) in [5.41, 5.74) is 3.45. The number of fused-ring (bicyclic) bond motifs is 2. The molecule has 0 fully saturated rings. The van der Waals surface area contributed by atoms with E-state index in [4.69, 9.17) is 23.2 Å². The third-order valence-corrected chi connectivity index (χ3v) is 10.9. The standard InChI is InChI=1S/C29H26Cl2N2O6S4.Na/c30-22-8-10-26-24(18-22)32(12-4-14-42(34,35)36)28(40-26)16-21(20-6-2-1-3-7-20)17-29-33(13-5-15-43(37,38)39)25-19-23(31)9-11-27(25)41-29;/h1-3,6-11,16-19H,4-5,12-15H2,(H-,34,35,36,37,38,39);/q;+1. The summed E-state index contributed by atoms with van der Waals surface area (Å²) >= 11 is 15.7. The van der Waals surface area contributed by atoms with Crippen molar-refractivity contribution in [2.45, 2.75) is 24.3 Å². The Morgan fingerprint density at radius 3 is 2.36 bits per heavy atom. The van der Waals surface area contributed by atoms with Crippen LogP contribution in [0.15, 0.2) is 82.7 Å². The van der Waals surface area contributed by atoms with Crippen LogP contribution < -0.4 is 39.0 Å². The van der Waals surface area contributed by atoms with Gasteiger partial charge in [-0.15, -0.1) is 0 Å². The van der Waals surface area contributed by atoms with Gasteiger partial charge < -0.3 is 9.45 Å². The Morgan fingerprint density at radius 2 is 1.66 bits per heavy atom. The topological polar surface area (TPSA) is 119 Å². The van der Waals surface area contributed by atoms with E-state index in [-0.39, 0.29) is 48.2 Å². The Balaban J connectivity index is 0.00000442.